The average molecular weight is 256 g/mol. The van der Waals surface area contributed by atoms with Crippen molar-refractivity contribution in [3.8, 4) is 11.3 Å². The molecule has 2 N–H and O–H groups in total. The molecule has 0 atom stereocenters. The second kappa shape index (κ2) is 4.89. The number of aromatic nitrogens is 5. The number of rotatable bonds is 4. The molecule has 0 saturated heterocycles. The molecular weight excluding hydrogens is 244 g/mol. The zero-order chi connectivity index (χ0) is 13.1. The van der Waals surface area contributed by atoms with E-state index in [4.69, 9.17) is 10.3 Å². The van der Waals surface area contributed by atoms with Gasteiger partial charge in [-0.15, -0.1) is 0 Å². The minimum absolute atomic E-state index is 0.490. The minimum Gasteiger partial charge on any atom is -0.383 e. The van der Waals surface area contributed by atoms with E-state index in [0.717, 1.165) is 11.3 Å². The smallest absolute Gasteiger partial charge is 0.213 e. The van der Waals surface area contributed by atoms with Gasteiger partial charge in [0, 0.05) is 24.7 Å². The van der Waals surface area contributed by atoms with E-state index in [1.165, 1.54) is 6.39 Å². The molecule has 7 nitrogen and oxygen atoms in total. The molecule has 0 aromatic carbocycles. The monoisotopic (exact) mass is 256 g/mol. The van der Waals surface area contributed by atoms with Crippen molar-refractivity contribution >= 4 is 5.82 Å². The quantitative estimate of drug-likeness (QED) is 0.752. The highest BCUT2D eigenvalue weighted by Crippen LogP contribution is 2.23. The fourth-order valence-corrected chi connectivity index (χ4v) is 1.88. The third kappa shape index (κ3) is 2.30. The Kier molecular flexibility index (Phi) is 2.93. The molecule has 3 aromatic rings. The molecule has 3 rings (SSSR count). The number of imidazole rings is 1. The molecule has 19 heavy (non-hydrogen) atoms. The van der Waals surface area contributed by atoms with Crippen LogP contribution in [0.3, 0.4) is 0 Å². The Morgan fingerprint density at radius 3 is 3.05 bits per heavy atom. The molecule has 0 aliphatic rings. The Balaban J connectivity index is 1.84. The van der Waals surface area contributed by atoms with E-state index in [2.05, 4.69) is 20.1 Å². The zero-order valence-electron chi connectivity index (χ0n) is 10.1. The summed E-state index contributed by atoms with van der Waals surface area (Å²) in [6, 6.07) is 3.77. The van der Waals surface area contributed by atoms with Crippen LogP contribution < -0.4 is 5.73 Å². The maximum Gasteiger partial charge on any atom is 0.213 e. The number of hydrogen-bond acceptors (Lipinski definition) is 6. The number of aryl methyl sites for hydroxylation is 2. The van der Waals surface area contributed by atoms with Crippen molar-refractivity contribution in [2.45, 2.75) is 13.0 Å². The van der Waals surface area contributed by atoms with Crippen LogP contribution in [0.4, 0.5) is 5.82 Å². The van der Waals surface area contributed by atoms with Crippen molar-refractivity contribution in [1.82, 2.24) is 24.7 Å². The van der Waals surface area contributed by atoms with Crippen LogP contribution in [0.2, 0.25) is 0 Å². The molecule has 0 bridgehead atoms. The lowest BCUT2D eigenvalue weighted by atomic mass is 10.2. The highest BCUT2D eigenvalue weighted by molar-refractivity contribution is 5.70. The SMILES string of the molecule is Nc1ncccc1-c1cncn1CCc1ncon1. The van der Waals surface area contributed by atoms with Crippen molar-refractivity contribution in [2.24, 2.45) is 0 Å². The fraction of sp³-hybridized carbons (Fsp3) is 0.167. The molecule has 0 amide bonds. The van der Waals surface area contributed by atoms with Crippen LogP contribution in [0.15, 0.2) is 41.8 Å². The predicted octanol–water partition coefficient (Wildman–Crippen LogP) is 1.15. The third-order valence-electron chi connectivity index (χ3n) is 2.81. The zero-order valence-corrected chi connectivity index (χ0v) is 10.1. The predicted molar refractivity (Wildman–Crippen MR) is 67.9 cm³/mol. The Morgan fingerprint density at radius 2 is 2.26 bits per heavy atom. The Morgan fingerprint density at radius 1 is 1.32 bits per heavy atom. The lowest BCUT2D eigenvalue weighted by molar-refractivity contribution is 0.408. The van der Waals surface area contributed by atoms with E-state index < -0.39 is 0 Å². The van der Waals surface area contributed by atoms with E-state index in [-0.39, 0.29) is 0 Å². The van der Waals surface area contributed by atoms with Crippen LogP contribution in [-0.2, 0) is 13.0 Å². The van der Waals surface area contributed by atoms with Crippen LogP contribution in [-0.4, -0.2) is 24.7 Å². The van der Waals surface area contributed by atoms with E-state index in [9.17, 15) is 0 Å². The summed E-state index contributed by atoms with van der Waals surface area (Å²) in [7, 11) is 0. The standard InChI is InChI=1S/C12H12N6O/c13-12-9(2-1-4-15-12)10-6-14-7-18(10)5-3-11-16-8-19-17-11/h1-2,4,6-8H,3,5H2,(H2,13,15). The van der Waals surface area contributed by atoms with Crippen molar-refractivity contribution in [1.29, 1.82) is 0 Å². The molecule has 0 spiro atoms. The average Bonchev–Trinajstić information content (AvgIpc) is 3.08. The van der Waals surface area contributed by atoms with Gasteiger partial charge in [0.25, 0.3) is 0 Å². The Labute approximate surface area is 109 Å². The molecule has 0 fully saturated rings. The molecule has 7 heteroatoms. The van der Waals surface area contributed by atoms with Gasteiger partial charge in [-0.3, -0.25) is 0 Å². The number of nitrogens with two attached hydrogens (primary N) is 1. The Bertz CT molecular complexity index is 660. The summed E-state index contributed by atoms with van der Waals surface area (Å²) in [5.41, 5.74) is 7.67. The molecule has 96 valence electrons. The van der Waals surface area contributed by atoms with Crippen molar-refractivity contribution in [3.63, 3.8) is 0 Å². The van der Waals surface area contributed by atoms with Crippen LogP contribution >= 0.6 is 0 Å². The summed E-state index contributed by atoms with van der Waals surface area (Å²) >= 11 is 0. The number of anilines is 1. The summed E-state index contributed by atoms with van der Waals surface area (Å²) in [5.74, 6) is 1.16. The molecule has 3 heterocycles. The topological polar surface area (TPSA) is 95.7 Å². The molecule has 0 aliphatic heterocycles. The van der Waals surface area contributed by atoms with Gasteiger partial charge in [-0.1, -0.05) is 5.16 Å². The Hall–Kier alpha value is -2.70. The van der Waals surface area contributed by atoms with Gasteiger partial charge in [-0.2, -0.15) is 4.98 Å². The normalized spacial score (nSPS) is 10.7. The van der Waals surface area contributed by atoms with Crippen LogP contribution in [0.25, 0.3) is 11.3 Å². The maximum absolute atomic E-state index is 5.88. The maximum atomic E-state index is 5.88. The number of pyridine rings is 1. The summed E-state index contributed by atoms with van der Waals surface area (Å²) < 4.78 is 6.69. The minimum atomic E-state index is 0.490. The molecule has 0 aliphatic carbocycles. The fourth-order valence-electron chi connectivity index (χ4n) is 1.88. The highest BCUT2D eigenvalue weighted by atomic mass is 16.5. The van der Waals surface area contributed by atoms with Crippen LogP contribution in [0.1, 0.15) is 5.82 Å². The summed E-state index contributed by atoms with van der Waals surface area (Å²) in [6.07, 6.45) is 7.17. The second-order valence-electron chi connectivity index (χ2n) is 4.01. The van der Waals surface area contributed by atoms with Crippen molar-refractivity contribution in [3.05, 3.63) is 43.1 Å². The lowest BCUT2D eigenvalue weighted by Crippen LogP contribution is -2.04. The molecule has 0 radical (unpaired) electrons. The van der Waals surface area contributed by atoms with Gasteiger partial charge in [0.2, 0.25) is 6.39 Å². The summed E-state index contributed by atoms with van der Waals surface area (Å²) in [5, 5.41) is 3.78. The summed E-state index contributed by atoms with van der Waals surface area (Å²) in [6.45, 7) is 0.698. The summed E-state index contributed by atoms with van der Waals surface area (Å²) in [4.78, 5) is 12.2. The highest BCUT2D eigenvalue weighted by Gasteiger charge is 2.09. The number of hydrogen-bond donors (Lipinski definition) is 1. The number of nitrogen functional groups attached to an aromatic ring is 1. The van der Waals surface area contributed by atoms with E-state index in [1.807, 2.05) is 16.7 Å². The molecule has 0 saturated carbocycles. The molecular formula is C12H12N6O. The first-order valence-electron chi connectivity index (χ1n) is 5.81. The van der Waals surface area contributed by atoms with Gasteiger partial charge in [-0.25, -0.2) is 9.97 Å². The lowest BCUT2D eigenvalue weighted by Gasteiger charge is -2.08. The first-order chi connectivity index (χ1) is 9.34. The van der Waals surface area contributed by atoms with Gasteiger partial charge in [-0.05, 0) is 12.1 Å². The van der Waals surface area contributed by atoms with Gasteiger partial charge in [0.1, 0.15) is 5.82 Å². The van der Waals surface area contributed by atoms with Crippen molar-refractivity contribution < 1.29 is 4.52 Å². The third-order valence-corrected chi connectivity index (χ3v) is 2.81. The first-order valence-corrected chi connectivity index (χ1v) is 5.81. The molecule has 3 aromatic heterocycles. The van der Waals surface area contributed by atoms with E-state index in [0.29, 0.717) is 24.6 Å². The van der Waals surface area contributed by atoms with E-state index >= 15 is 0 Å². The molecule has 0 unspecified atom stereocenters. The van der Waals surface area contributed by atoms with Crippen LogP contribution in [0.5, 0.6) is 0 Å². The largest absolute Gasteiger partial charge is 0.383 e. The first kappa shape index (κ1) is 11.4. The van der Waals surface area contributed by atoms with Gasteiger partial charge in [0.05, 0.1) is 18.2 Å². The van der Waals surface area contributed by atoms with Gasteiger partial charge >= 0.3 is 0 Å². The van der Waals surface area contributed by atoms with Crippen molar-refractivity contribution in [2.75, 3.05) is 5.73 Å². The second-order valence-corrected chi connectivity index (χ2v) is 4.01. The van der Waals surface area contributed by atoms with E-state index in [1.54, 1.807) is 18.7 Å². The van der Waals surface area contributed by atoms with Gasteiger partial charge in [0.15, 0.2) is 5.82 Å². The van der Waals surface area contributed by atoms with Gasteiger partial charge < -0.3 is 14.8 Å². The van der Waals surface area contributed by atoms with Crippen LogP contribution in [0, 0.1) is 0 Å². The number of nitrogens with zero attached hydrogens (tertiary/aromatic N) is 5.